The Morgan fingerprint density at radius 1 is 1.44 bits per heavy atom. The number of aliphatic hydroxyl groups is 1. The van der Waals surface area contributed by atoms with Gasteiger partial charge in [-0.05, 0) is 30.2 Å². The fourth-order valence-electron chi connectivity index (χ4n) is 1.86. The van der Waals surface area contributed by atoms with Crippen molar-refractivity contribution in [1.82, 2.24) is 0 Å². The third kappa shape index (κ3) is 3.15. The third-order valence-corrected chi connectivity index (χ3v) is 2.72. The SMILES string of the molecule is C=CC(/C=C/C=O)(OCCO)c1ccccc1C. The molecule has 1 N–H and O–H groups in total. The van der Waals surface area contributed by atoms with E-state index in [4.69, 9.17) is 9.84 Å². The monoisotopic (exact) mass is 246 g/mol. The molecule has 0 radical (unpaired) electrons. The van der Waals surface area contributed by atoms with Crippen LogP contribution in [0.25, 0.3) is 0 Å². The lowest BCUT2D eigenvalue weighted by Crippen LogP contribution is -2.27. The Bertz CT molecular complexity index is 437. The van der Waals surface area contributed by atoms with Gasteiger partial charge in [0.2, 0.25) is 0 Å². The molecular formula is C15H18O3. The number of ether oxygens (including phenoxy) is 1. The molecule has 0 heterocycles. The maximum absolute atomic E-state index is 10.5. The Morgan fingerprint density at radius 2 is 2.17 bits per heavy atom. The number of hydrogen-bond donors (Lipinski definition) is 1. The molecule has 0 spiro atoms. The van der Waals surface area contributed by atoms with Gasteiger partial charge < -0.3 is 9.84 Å². The van der Waals surface area contributed by atoms with Crippen LogP contribution in [0.3, 0.4) is 0 Å². The van der Waals surface area contributed by atoms with Gasteiger partial charge in [0, 0.05) is 0 Å². The number of aliphatic hydroxyl groups excluding tert-OH is 1. The molecule has 3 heteroatoms. The first kappa shape index (κ1) is 14.4. The van der Waals surface area contributed by atoms with Gasteiger partial charge in [-0.15, -0.1) is 0 Å². The molecule has 3 nitrogen and oxygen atoms in total. The standard InChI is InChI=1S/C15H18O3/c1-3-15(9-6-10-16,18-12-11-17)14-8-5-4-7-13(14)2/h3-10,17H,1,11-12H2,2H3/b9-6+. The third-order valence-electron chi connectivity index (χ3n) is 2.72. The Balaban J connectivity index is 3.24. The van der Waals surface area contributed by atoms with Crippen LogP contribution in [0.2, 0.25) is 0 Å². The van der Waals surface area contributed by atoms with E-state index in [-0.39, 0.29) is 13.2 Å². The van der Waals surface area contributed by atoms with Gasteiger partial charge in [-0.3, -0.25) is 4.79 Å². The largest absolute Gasteiger partial charge is 0.394 e. The summed E-state index contributed by atoms with van der Waals surface area (Å²) in [7, 11) is 0. The minimum absolute atomic E-state index is 0.0869. The normalized spacial score (nSPS) is 14.3. The number of carbonyl (C=O) groups is 1. The average Bonchev–Trinajstić information content (AvgIpc) is 2.41. The first-order chi connectivity index (χ1) is 8.70. The van der Waals surface area contributed by atoms with Crippen molar-refractivity contribution in [1.29, 1.82) is 0 Å². The van der Waals surface area contributed by atoms with E-state index in [1.54, 1.807) is 12.2 Å². The second-order valence-electron chi connectivity index (χ2n) is 3.88. The summed E-state index contributed by atoms with van der Waals surface area (Å²) in [5.74, 6) is 0. The number of aryl methyl sites for hydroxylation is 1. The topological polar surface area (TPSA) is 46.5 Å². The van der Waals surface area contributed by atoms with Crippen molar-refractivity contribution in [3.63, 3.8) is 0 Å². The summed E-state index contributed by atoms with van der Waals surface area (Å²) in [6, 6.07) is 7.72. The number of benzene rings is 1. The molecule has 1 rings (SSSR count). The highest BCUT2D eigenvalue weighted by Crippen LogP contribution is 2.31. The van der Waals surface area contributed by atoms with Crippen molar-refractivity contribution < 1.29 is 14.6 Å². The zero-order valence-electron chi connectivity index (χ0n) is 10.5. The van der Waals surface area contributed by atoms with Crippen molar-refractivity contribution in [3.05, 3.63) is 60.2 Å². The molecule has 0 fully saturated rings. The molecule has 0 saturated heterocycles. The molecule has 0 saturated carbocycles. The lowest BCUT2D eigenvalue weighted by Gasteiger charge is -2.29. The van der Waals surface area contributed by atoms with Gasteiger partial charge in [0.15, 0.2) is 0 Å². The lowest BCUT2D eigenvalue weighted by molar-refractivity contribution is -0.104. The summed E-state index contributed by atoms with van der Waals surface area (Å²) in [5.41, 5.74) is 1.06. The number of rotatable bonds is 7. The first-order valence-corrected chi connectivity index (χ1v) is 5.77. The molecule has 18 heavy (non-hydrogen) atoms. The van der Waals surface area contributed by atoms with Crippen LogP contribution in [0.5, 0.6) is 0 Å². The highest BCUT2D eigenvalue weighted by atomic mass is 16.5. The molecule has 0 aliphatic rings. The van der Waals surface area contributed by atoms with Crippen LogP contribution >= 0.6 is 0 Å². The van der Waals surface area contributed by atoms with Crippen molar-refractivity contribution in [2.75, 3.05) is 13.2 Å². The van der Waals surface area contributed by atoms with Gasteiger partial charge in [-0.25, -0.2) is 0 Å². The molecule has 0 aliphatic heterocycles. The van der Waals surface area contributed by atoms with Crippen molar-refractivity contribution >= 4 is 6.29 Å². The molecule has 0 bridgehead atoms. The highest BCUT2D eigenvalue weighted by molar-refractivity contribution is 5.65. The first-order valence-electron chi connectivity index (χ1n) is 5.77. The van der Waals surface area contributed by atoms with Crippen LogP contribution in [-0.2, 0) is 15.1 Å². The minimum Gasteiger partial charge on any atom is -0.394 e. The van der Waals surface area contributed by atoms with E-state index in [0.29, 0.717) is 6.29 Å². The van der Waals surface area contributed by atoms with Gasteiger partial charge in [-0.2, -0.15) is 0 Å². The van der Waals surface area contributed by atoms with Gasteiger partial charge >= 0.3 is 0 Å². The summed E-state index contributed by atoms with van der Waals surface area (Å²) in [4.78, 5) is 10.5. The van der Waals surface area contributed by atoms with Crippen LogP contribution < -0.4 is 0 Å². The molecular weight excluding hydrogens is 228 g/mol. The average molecular weight is 246 g/mol. The van der Waals surface area contributed by atoms with Crippen LogP contribution in [0.4, 0.5) is 0 Å². The minimum atomic E-state index is -0.880. The van der Waals surface area contributed by atoms with E-state index in [2.05, 4.69) is 6.58 Å². The van der Waals surface area contributed by atoms with Crippen molar-refractivity contribution in [2.24, 2.45) is 0 Å². The van der Waals surface area contributed by atoms with Crippen LogP contribution in [0, 0.1) is 6.92 Å². The number of allylic oxidation sites excluding steroid dienone is 1. The Kier molecular flexibility index (Phi) is 5.49. The predicted molar refractivity (Wildman–Crippen MR) is 71.3 cm³/mol. The zero-order valence-corrected chi connectivity index (χ0v) is 10.5. The van der Waals surface area contributed by atoms with Crippen LogP contribution in [-0.4, -0.2) is 24.6 Å². The van der Waals surface area contributed by atoms with Crippen molar-refractivity contribution in [2.45, 2.75) is 12.5 Å². The summed E-state index contributed by atoms with van der Waals surface area (Å²) >= 11 is 0. The molecule has 1 aromatic rings. The number of hydrogen-bond acceptors (Lipinski definition) is 3. The Labute approximate surface area is 107 Å². The van der Waals surface area contributed by atoms with Crippen LogP contribution in [0.1, 0.15) is 11.1 Å². The Hall–Kier alpha value is -1.71. The summed E-state index contributed by atoms with van der Waals surface area (Å²) in [6.45, 7) is 5.83. The summed E-state index contributed by atoms with van der Waals surface area (Å²) in [6.07, 6.45) is 5.35. The molecule has 0 aromatic heterocycles. The molecule has 1 aromatic carbocycles. The maximum atomic E-state index is 10.5. The van der Waals surface area contributed by atoms with Crippen LogP contribution in [0.15, 0.2) is 49.1 Å². The van der Waals surface area contributed by atoms with E-state index in [9.17, 15) is 4.79 Å². The van der Waals surface area contributed by atoms with Crippen molar-refractivity contribution in [3.8, 4) is 0 Å². The fourth-order valence-corrected chi connectivity index (χ4v) is 1.86. The number of aldehydes is 1. The smallest absolute Gasteiger partial charge is 0.142 e. The second-order valence-corrected chi connectivity index (χ2v) is 3.88. The quantitative estimate of drug-likeness (QED) is 0.455. The van der Waals surface area contributed by atoms with E-state index >= 15 is 0 Å². The zero-order chi connectivity index (χ0) is 13.4. The van der Waals surface area contributed by atoms with Gasteiger partial charge in [0.25, 0.3) is 0 Å². The fraction of sp³-hybridized carbons (Fsp3) is 0.267. The van der Waals surface area contributed by atoms with Gasteiger partial charge in [0.05, 0.1) is 13.2 Å². The lowest BCUT2D eigenvalue weighted by atomic mass is 9.89. The molecule has 1 atom stereocenters. The maximum Gasteiger partial charge on any atom is 0.142 e. The Morgan fingerprint density at radius 3 is 2.72 bits per heavy atom. The predicted octanol–water partition coefficient (Wildman–Crippen LogP) is 2.14. The van der Waals surface area contributed by atoms with E-state index in [1.807, 2.05) is 31.2 Å². The van der Waals surface area contributed by atoms with E-state index in [0.717, 1.165) is 11.1 Å². The number of carbonyl (C=O) groups excluding carboxylic acids is 1. The summed E-state index contributed by atoms with van der Waals surface area (Å²) in [5, 5.41) is 8.91. The van der Waals surface area contributed by atoms with Gasteiger partial charge in [0.1, 0.15) is 11.9 Å². The van der Waals surface area contributed by atoms with E-state index < -0.39 is 5.60 Å². The molecule has 96 valence electrons. The highest BCUT2D eigenvalue weighted by Gasteiger charge is 2.27. The van der Waals surface area contributed by atoms with Gasteiger partial charge in [-0.1, -0.05) is 36.9 Å². The van der Waals surface area contributed by atoms with E-state index in [1.165, 1.54) is 6.08 Å². The molecule has 0 aliphatic carbocycles. The second kappa shape index (κ2) is 6.89. The molecule has 1 unspecified atom stereocenters. The summed E-state index contributed by atoms with van der Waals surface area (Å²) < 4.78 is 5.68. The molecule has 0 amide bonds.